The molecule has 2 N–H and O–H groups in total. The van der Waals surface area contributed by atoms with Gasteiger partial charge in [0.2, 0.25) is 0 Å². The second kappa shape index (κ2) is 5.27. The van der Waals surface area contributed by atoms with Crippen LogP contribution in [0.5, 0.6) is 0 Å². The number of fused-ring (bicyclic) bond motifs is 2. The van der Waals surface area contributed by atoms with Crippen LogP contribution in [-0.2, 0) is 0 Å². The lowest BCUT2D eigenvalue weighted by molar-refractivity contribution is 0.128. The van der Waals surface area contributed by atoms with Gasteiger partial charge >= 0.3 is 0 Å². The maximum absolute atomic E-state index is 9.43. The van der Waals surface area contributed by atoms with Gasteiger partial charge < -0.3 is 10.4 Å². The maximum Gasteiger partial charge on any atom is 0.0462 e. The Bertz CT molecular complexity index is 255. The third kappa shape index (κ3) is 2.53. The highest BCUT2D eigenvalue weighted by atomic mass is 16.3. The zero-order valence-electron chi connectivity index (χ0n) is 10.9. The fourth-order valence-electron chi connectivity index (χ4n) is 4.59. The van der Waals surface area contributed by atoms with Crippen LogP contribution in [0, 0.1) is 23.7 Å². The molecule has 3 aliphatic carbocycles. The molecule has 3 fully saturated rings. The van der Waals surface area contributed by atoms with E-state index >= 15 is 0 Å². The molecule has 0 aromatic carbocycles. The van der Waals surface area contributed by atoms with Crippen molar-refractivity contribution < 1.29 is 5.11 Å². The van der Waals surface area contributed by atoms with E-state index < -0.39 is 0 Å². The summed E-state index contributed by atoms with van der Waals surface area (Å²) >= 11 is 0. The predicted molar refractivity (Wildman–Crippen MR) is 69.8 cm³/mol. The Morgan fingerprint density at radius 1 is 0.941 bits per heavy atom. The molecule has 17 heavy (non-hydrogen) atoms. The number of nitrogens with one attached hydrogen (secondary N) is 1. The number of hydrogen-bond donors (Lipinski definition) is 2. The van der Waals surface area contributed by atoms with E-state index in [-0.39, 0.29) is 0 Å². The van der Waals surface area contributed by atoms with Crippen LogP contribution >= 0.6 is 0 Å². The lowest BCUT2D eigenvalue weighted by atomic mass is 9.79. The van der Waals surface area contributed by atoms with Crippen molar-refractivity contribution in [3.63, 3.8) is 0 Å². The van der Waals surface area contributed by atoms with Crippen molar-refractivity contribution in [2.75, 3.05) is 13.2 Å². The summed E-state index contributed by atoms with van der Waals surface area (Å²) < 4.78 is 0. The highest BCUT2D eigenvalue weighted by Crippen LogP contribution is 2.44. The molecule has 2 heteroatoms. The van der Waals surface area contributed by atoms with Gasteiger partial charge in [0.1, 0.15) is 0 Å². The van der Waals surface area contributed by atoms with Gasteiger partial charge in [-0.25, -0.2) is 0 Å². The van der Waals surface area contributed by atoms with Gasteiger partial charge in [0.05, 0.1) is 0 Å². The third-order valence-electron chi connectivity index (χ3n) is 5.68. The number of hydrogen-bond acceptors (Lipinski definition) is 2. The molecule has 0 heterocycles. The zero-order chi connectivity index (χ0) is 11.7. The summed E-state index contributed by atoms with van der Waals surface area (Å²) in [7, 11) is 0. The van der Waals surface area contributed by atoms with Crippen molar-refractivity contribution in [1.29, 1.82) is 0 Å². The summed E-state index contributed by atoms with van der Waals surface area (Å²) in [6.45, 7) is 1.57. The summed E-state index contributed by atoms with van der Waals surface area (Å²) in [5.74, 6) is 3.34. The SMILES string of the molecule is OCC1CCCCC1CNC1CC2CCC1C2. The first-order chi connectivity index (χ1) is 8.36. The molecular weight excluding hydrogens is 210 g/mol. The number of aliphatic hydroxyl groups excluding tert-OH is 1. The molecule has 2 nitrogen and oxygen atoms in total. The minimum Gasteiger partial charge on any atom is -0.396 e. The molecule has 3 aliphatic rings. The first-order valence-corrected chi connectivity index (χ1v) is 7.71. The van der Waals surface area contributed by atoms with Crippen molar-refractivity contribution in [2.45, 2.75) is 57.4 Å². The van der Waals surface area contributed by atoms with Crippen LogP contribution < -0.4 is 5.32 Å². The standard InChI is InChI=1S/C15H27NO/c17-10-14-4-2-1-3-13(14)9-16-15-8-11-5-6-12(15)7-11/h11-17H,1-10H2. The maximum atomic E-state index is 9.43. The van der Waals surface area contributed by atoms with Crippen molar-refractivity contribution in [3.05, 3.63) is 0 Å². The number of rotatable bonds is 4. The second-order valence-electron chi connectivity index (χ2n) is 6.68. The Hall–Kier alpha value is -0.0800. The topological polar surface area (TPSA) is 32.3 Å². The van der Waals surface area contributed by atoms with Crippen molar-refractivity contribution >= 4 is 0 Å². The lowest BCUT2D eigenvalue weighted by Crippen LogP contribution is -2.40. The highest BCUT2D eigenvalue weighted by molar-refractivity contribution is 4.94. The zero-order valence-corrected chi connectivity index (χ0v) is 10.9. The van der Waals surface area contributed by atoms with Crippen molar-refractivity contribution in [3.8, 4) is 0 Å². The summed E-state index contributed by atoms with van der Waals surface area (Å²) in [5, 5.41) is 13.3. The van der Waals surface area contributed by atoms with Gasteiger partial charge in [-0.2, -0.15) is 0 Å². The van der Waals surface area contributed by atoms with Gasteiger partial charge in [-0.1, -0.05) is 19.3 Å². The van der Waals surface area contributed by atoms with Gasteiger partial charge in [0, 0.05) is 12.6 Å². The van der Waals surface area contributed by atoms with Gasteiger partial charge in [0.25, 0.3) is 0 Å². The van der Waals surface area contributed by atoms with E-state index in [1.165, 1.54) is 57.9 Å². The molecular formula is C15H27NO. The van der Waals surface area contributed by atoms with Gasteiger partial charge in [0.15, 0.2) is 0 Å². The minimum absolute atomic E-state index is 0.406. The van der Waals surface area contributed by atoms with E-state index in [4.69, 9.17) is 0 Å². The first-order valence-electron chi connectivity index (χ1n) is 7.71. The molecule has 0 aliphatic heterocycles. The van der Waals surface area contributed by atoms with E-state index in [2.05, 4.69) is 5.32 Å². The molecule has 5 atom stereocenters. The summed E-state index contributed by atoms with van der Waals surface area (Å²) in [6.07, 6.45) is 11.2. The van der Waals surface area contributed by atoms with Crippen LogP contribution in [0.1, 0.15) is 51.4 Å². The van der Waals surface area contributed by atoms with Gasteiger partial charge in [-0.15, -0.1) is 0 Å². The molecule has 98 valence electrons. The van der Waals surface area contributed by atoms with Crippen LogP contribution in [0.15, 0.2) is 0 Å². The average molecular weight is 237 g/mol. The molecule has 5 unspecified atom stereocenters. The third-order valence-corrected chi connectivity index (χ3v) is 5.68. The molecule has 3 saturated carbocycles. The summed E-state index contributed by atoms with van der Waals surface area (Å²) in [6, 6.07) is 0.815. The molecule has 0 saturated heterocycles. The largest absolute Gasteiger partial charge is 0.396 e. The monoisotopic (exact) mass is 237 g/mol. The quantitative estimate of drug-likeness (QED) is 0.787. The van der Waals surface area contributed by atoms with Crippen LogP contribution in [-0.4, -0.2) is 24.3 Å². The fourth-order valence-corrected chi connectivity index (χ4v) is 4.59. The normalized spacial score (nSPS) is 45.4. The first kappa shape index (κ1) is 12.0. The van der Waals surface area contributed by atoms with Crippen LogP contribution in [0.25, 0.3) is 0 Å². The Kier molecular flexibility index (Phi) is 3.72. The van der Waals surface area contributed by atoms with Crippen LogP contribution in [0.4, 0.5) is 0 Å². The van der Waals surface area contributed by atoms with E-state index in [0.717, 1.165) is 23.8 Å². The fraction of sp³-hybridized carbons (Fsp3) is 1.00. The molecule has 0 spiro atoms. The van der Waals surface area contributed by atoms with E-state index in [0.29, 0.717) is 12.5 Å². The molecule has 0 aromatic rings. The van der Waals surface area contributed by atoms with E-state index in [1.807, 2.05) is 0 Å². The van der Waals surface area contributed by atoms with Crippen LogP contribution in [0.2, 0.25) is 0 Å². The van der Waals surface area contributed by atoms with E-state index in [9.17, 15) is 5.11 Å². The van der Waals surface area contributed by atoms with Gasteiger partial charge in [-0.05, 0) is 62.3 Å². The van der Waals surface area contributed by atoms with Crippen molar-refractivity contribution in [1.82, 2.24) is 5.32 Å². The Labute approximate surface area is 105 Å². The smallest absolute Gasteiger partial charge is 0.0462 e. The second-order valence-corrected chi connectivity index (χ2v) is 6.68. The number of aliphatic hydroxyl groups is 1. The Balaban J connectivity index is 1.46. The van der Waals surface area contributed by atoms with Crippen LogP contribution in [0.3, 0.4) is 0 Å². The molecule has 3 rings (SSSR count). The minimum atomic E-state index is 0.406. The molecule has 0 radical (unpaired) electrons. The molecule has 2 bridgehead atoms. The van der Waals surface area contributed by atoms with E-state index in [1.54, 1.807) is 0 Å². The lowest BCUT2D eigenvalue weighted by Gasteiger charge is -2.32. The average Bonchev–Trinajstić information content (AvgIpc) is 2.98. The Morgan fingerprint density at radius 3 is 2.41 bits per heavy atom. The Morgan fingerprint density at radius 2 is 1.76 bits per heavy atom. The molecule has 0 amide bonds. The summed E-state index contributed by atoms with van der Waals surface area (Å²) in [4.78, 5) is 0. The van der Waals surface area contributed by atoms with Gasteiger partial charge in [-0.3, -0.25) is 0 Å². The molecule has 0 aromatic heterocycles. The highest BCUT2D eigenvalue weighted by Gasteiger charge is 2.39. The van der Waals surface area contributed by atoms with Crippen molar-refractivity contribution in [2.24, 2.45) is 23.7 Å². The summed E-state index contributed by atoms with van der Waals surface area (Å²) in [5.41, 5.74) is 0. The predicted octanol–water partition coefficient (Wildman–Crippen LogP) is 2.56.